The summed E-state index contributed by atoms with van der Waals surface area (Å²) in [6, 6.07) is 3.56. The lowest BCUT2D eigenvalue weighted by Crippen LogP contribution is -2.31. The van der Waals surface area contributed by atoms with Gasteiger partial charge in [-0.05, 0) is 31.7 Å². The highest BCUT2D eigenvalue weighted by molar-refractivity contribution is 6.32. The van der Waals surface area contributed by atoms with Crippen LogP contribution in [0.4, 0.5) is 0 Å². The summed E-state index contributed by atoms with van der Waals surface area (Å²) in [6.07, 6.45) is 0. The fourth-order valence-electron chi connectivity index (χ4n) is 1.58. The molecular weight excluding hydrogens is 268 g/mol. The molecule has 5 nitrogen and oxygen atoms in total. The summed E-state index contributed by atoms with van der Waals surface area (Å²) in [4.78, 5) is 11.4. The van der Waals surface area contributed by atoms with Gasteiger partial charge >= 0.3 is 0 Å². The van der Waals surface area contributed by atoms with Gasteiger partial charge in [-0.3, -0.25) is 4.79 Å². The molecule has 1 aromatic carbocycles. The van der Waals surface area contributed by atoms with E-state index in [0.717, 1.165) is 5.56 Å². The lowest BCUT2D eigenvalue weighted by atomic mass is 10.2. The normalized spacial score (nSPS) is 10.1. The van der Waals surface area contributed by atoms with Gasteiger partial charge in [0.05, 0.1) is 25.3 Å². The van der Waals surface area contributed by atoms with Gasteiger partial charge in [-0.25, -0.2) is 0 Å². The molecule has 1 rings (SSSR count). The number of rotatable bonds is 7. The first kappa shape index (κ1) is 15.6. The molecular formula is C13H19ClN2O3. The van der Waals surface area contributed by atoms with E-state index in [1.807, 2.05) is 6.92 Å². The van der Waals surface area contributed by atoms with Crippen molar-refractivity contribution >= 4 is 17.5 Å². The van der Waals surface area contributed by atoms with Crippen LogP contribution in [0.3, 0.4) is 0 Å². The van der Waals surface area contributed by atoms with Crippen molar-refractivity contribution in [3.05, 3.63) is 22.7 Å². The number of methoxy groups -OCH3 is 1. The summed E-state index contributed by atoms with van der Waals surface area (Å²) in [5.74, 6) is 1.01. The first-order chi connectivity index (χ1) is 9.12. The van der Waals surface area contributed by atoms with E-state index < -0.39 is 0 Å². The average Bonchev–Trinajstić information content (AvgIpc) is 2.39. The second-order valence-corrected chi connectivity index (χ2v) is 4.26. The van der Waals surface area contributed by atoms with Crippen LogP contribution < -0.4 is 20.1 Å². The Bertz CT molecular complexity index is 438. The van der Waals surface area contributed by atoms with Crippen LogP contribution in [0.25, 0.3) is 0 Å². The largest absolute Gasteiger partial charge is 0.493 e. The van der Waals surface area contributed by atoms with Gasteiger partial charge in [-0.2, -0.15) is 0 Å². The summed E-state index contributed by atoms with van der Waals surface area (Å²) < 4.78 is 10.7. The van der Waals surface area contributed by atoms with Gasteiger partial charge in [-0.1, -0.05) is 11.6 Å². The Morgan fingerprint density at radius 2 is 2.16 bits per heavy atom. The third-order valence-electron chi connectivity index (χ3n) is 2.40. The van der Waals surface area contributed by atoms with E-state index in [4.69, 9.17) is 21.1 Å². The van der Waals surface area contributed by atoms with Crippen molar-refractivity contribution in [3.63, 3.8) is 0 Å². The van der Waals surface area contributed by atoms with E-state index in [1.54, 1.807) is 26.3 Å². The molecule has 1 aromatic rings. The lowest BCUT2D eigenvalue weighted by molar-refractivity contribution is -0.120. The standard InChI is InChI=1S/C13H19ClN2O3/c1-4-19-13-10(14)5-9(6-11(13)18-3)7-16-12(17)8-15-2/h5-6,15H,4,7-8H2,1-3H3,(H,16,17). The van der Waals surface area contributed by atoms with E-state index in [1.165, 1.54) is 0 Å². The molecule has 6 heteroatoms. The number of carbonyl (C=O) groups excluding carboxylic acids is 1. The molecule has 2 N–H and O–H groups in total. The first-order valence-electron chi connectivity index (χ1n) is 6.02. The number of likely N-dealkylation sites (N-methyl/N-ethyl adjacent to an activating group) is 1. The third-order valence-corrected chi connectivity index (χ3v) is 2.69. The van der Waals surface area contributed by atoms with Crippen LogP contribution in [-0.4, -0.2) is 33.2 Å². The highest BCUT2D eigenvalue weighted by Gasteiger charge is 2.12. The molecule has 0 aliphatic rings. The Balaban J connectivity index is 2.80. The number of halogens is 1. The highest BCUT2D eigenvalue weighted by atomic mass is 35.5. The van der Waals surface area contributed by atoms with Gasteiger partial charge in [0.25, 0.3) is 0 Å². The van der Waals surface area contributed by atoms with E-state index >= 15 is 0 Å². The molecule has 0 bridgehead atoms. The summed E-state index contributed by atoms with van der Waals surface area (Å²) in [6.45, 7) is 3.06. The molecule has 0 atom stereocenters. The quantitative estimate of drug-likeness (QED) is 0.799. The fraction of sp³-hybridized carbons (Fsp3) is 0.462. The molecule has 0 radical (unpaired) electrons. The van der Waals surface area contributed by atoms with Gasteiger partial charge in [0.2, 0.25) is 5.91 Å². The maximum Gasteiger partial charge on any atom is 0.234 e. The van der Waals surface area contributed by atoms with Crippen molar-refractivity contribution in [3.8, 4) is 11.5 Å². The van der Waals surface area contributed by atoms with Crippen molar-refractivity contribution in [1.29, 1.82) is 0 Å². The number of hydrogen-bond donors (Lipinski definition) is 2. The van der Waals surface area contributed by atoms with Crippen molar-refractivity contribution in [2.75, 3.05) is 27.3 Å². The zero-order valence-electron chi connectivity index (χ0n) is 11.4. The Labute approximate surface area is 118 Å². The average molecular weight is 287 g/mol. The van der Waals surface area contributed by atoms with E-state index in [9.17, 15) is 4.79 Å². The molecule has 0 heterocycles. The van der Waals surface area contributed by atoms with Crippen LogP contribution in [0.2, 0.25) is 5.02 Å². The molecule has 106 valence electrons. The third kappa shape index (κ3) is 4.61. The molecule has 0 saturated carbocycles. The molecule has 0 fully saturated rings. The van der Waals surface area contributed by atoms with Gasteiger partial charge in [0.1, 0.15) is 0 Å². The summed E-state index contributed by atoms with van der Waals surface area (Å²) >= 11 is 6.14. The number of ether oxygens (including phenoxy) is 2. The minimum atomic E-state index is -0.0773. The molecule has 1 amide bonds. The zero-order chi connectivity index (χ0) is 14.3. The van der Waals surface area contributed by atoms with Crippen molar-refractivity contribution in [2.45, 2.75) is 13.5 Å². The van der Waals surface area contributed by atoms with E-state index in [2.05, 4.69) is 10.6 Å². The number of benzene rings is 1. The van der Waals surface area contributed by atoms with E-state index in [-0.39, 0.29) is 12.5 Å². The highest BCUT2D eigenvalue weighted by Crippen LogP contribution is 2.36. The number of hydrogen-bond acceptors (Lipinski definition) is 4. The SMILES string of the molecule is CCOc1c(Cl)cc(CNC(=O)CNC)cc1OC. The molecule has 0 aromatic heterocycles. The Morgan fingerprint density at radius 1 is 1.42 bits per heavy atom. The minimum absolute atomic E-state index is 0.0773. The van der Waals surface area contributed by atoms with Gasteiger partial charge < -0.3 is 20.1 Å². The predicted octanol–water partition coefficient (Wildman–Crippen LogP) is 1.58. The fourth-order valence-corrected chi connectivity index (χ4v) is 1.87. The van der Waals surface area contributed by atoms with Gasteiger partial charge in [-0.15, -0.1) is 0 Å². The van der Waals surface area contributed by atoms with Crippen LogP contribution in [-0.2, 0) is 11.3 Å². The van der Waals surface area contributed by atoms with Crippen LogP contribution in [0.1, 0.15) is 12.5 Å². The first-order valence-corrected chi connectivity index (χ1v) is 6.40. The second-order valence-electron chi connectivity index (χ2n) is 3.85. The summed E-state index contributed by atoms with van der Waals surface area (Å²) in [7, 11) is 3.27. The monoisotopic (exact) mass is 286 g/mol. The van der Waals surface area contributed by atoms with Gasteiger partial charge in [0.15, 0.2) is 11.5 Å². The van der Waals surface area contributed by atoms with Gasteiger partial charge in [0, 0.05) is 6.54 Å². The van der Waals surface area contributed by atoms with Crippen LogP contribution in [0, 0.1) is 0 Å². The molecule has 19 heavy (non-hydrogen) atoms. The molecule has 0 spiro atoms. The van der Waals surface area contributed by atoms with E-state index in [0.29, 0.717) is 29.7 Å². The Morgan fingerprint density at radius 3 is 2.74 bits per heavy atom. The summed E-state index contributed by atoms with van der Waals surface area (Å²) in [5, 5.41) is 6.03. The topological polar surface area (TPSA) is 59.6 Å². The smallest absolute Gasteiger partial charge is 0.234 e. The van der Waals surface area contributed by atoms with Crippen LogP contribution in [0.15, 0.2) is 12.1 Å². The van der Waals surface area contributed by atoms with Crippen molar-refractivity contribution in [2.24, 2.45) is 0 Å². The Hall–Kier alpha value is -1.46. The Kier molecular flexibility index (Phi) is 6.45. The van der Waals surface area contributed by atoms with Crippen molar-refractivity contribution in [1.82, 2.24) is 10.6 Å². The van der Waals surface area contributed by atoms with Crippen LogP contribution >= 0.6 is 11.6 Å². The number of nitrogens with one attached hydrogen (secondary N) is 2. The number of carbonyl (C=O) groups is 1. The lowest BCUT2D eigenvalue weighted by Gasteiger charge is -2.13. The predicted molar refractivity (Wildman–Crippen MR) is 74.9 cm³/mol. The molecule has 0 saturated heterocycles. The maximum absolute atomic E-state index is 11.4. The minimum Gasteiger partial charge on any atom is -0.493 e. The number of amides is 1. The molecule has 0 aliphatic heterocycles. The molecule has 0 unspecified atom stereocenters. The van der Waals surface area contributed by atoms with Crippen molar-refractivity contribution < 1.29 is 14.3 Å². The second kappa shape index (κ2) is 7.86. The maximum atomic E-state index is 11.4. The van der Waals surface area contributed by atoms with Crippen LogP contribution in [0.5, 0.6) is 11.5 Å². The summed E-state index contributed by atoms with van der Waals surface area (Å²) in [5.41, 5.74) is 0.856. The zero-order valence-corrected chi connectivity index (χ0v) is 12.1. The molecule has 0 aliphatic carbocycles.